The summed E-state index contributed by atoms with van der Waals surface area (Å²) < 4.78 is 0. The molecule has 0 aromatic heterocycles. The van der Waals surface area contributed by atoms with E-state index in [0.717, 1.165) is 12.0 Å². The van der Waals surface area contributed by atoms with Crippen molar-refractivity contribution in [3.63, 3.8) is 0 Å². The van der Waals surface area contributed by atoms with E-state index < -0.39 is 17.9 Å². The summed E-state index contributed by atoms with van der Waals surface area (Å²) in [4.78, 5) is 23.0. The smallest absolute Gasteiger partial charge is 0.319 e. The van der Waals surface area contributed by atoms with Crippen LogP contribution in [0.15, 0.2) is 12.1 Å². The Morgan fingerprint density at radius 3 is 2.62 bits per heavy atom. The highest BCUT2D eigenvalue weighted by Gasteiger charge is 2.33. The molecule has 2 unspecified atom stereocenters. The third-order valence-electron chi connectivity index (χ3n) is 3.65. The van der Waals surface area contributed by atoms with Crippen molar-refractivity contribution in [2.75, 3.05) is 5.32 Å². The Labute approximate surface area is 132 Å². The number of benzene rings is 1. The molecule has 0 radical (unpaired) electrons. The lowest BCUT2D eigenvalue weighted by atomic mass is 10.0. The van der Waals surface area contributed by atoms with E-state index in [4.69, 9.17) is 28.3 Å². The van der Waals surface area contributed by atoms with Crippen LogP contribution in [0.3, 0.4) is 0 Å². The zero-order valence-corrected chi connectivity index (χ0v) is 13.0. The predicted molar refractivity (Wildman–Crippen MR) is 82.1 cm³/mol. The van der Waals surface area contributed by atoms with Gasteiger partial charge < -0.3 is 15.7 Å². The van der Waals surface area contributed by atoms with Crippen LogP contribution in [-0.4, -0.2) is 23.1 Å². The molecular weight excluding hydrogens is 315 g/mol. The van der Waals surface area contributed by atoms with Crippen molar-refractivity contribution in [3.8, 4) is 0 Å². The molecule has 21 heavy (non-hydrogen) atoms. The van der Waals surface area contributed by atoms with Crippen molar-refractivity contribution in [3.05, 3.63) is 27.7 Å². The maximum absolute atomic E-state index is 12.0. The number of amides is 2. The topological polar surface area (TPSA) is 78.4 Å². The lowest BCUT2D eigenvalue weighted by molar-refractivity contribution is -0.142. The number of rotatable bonds is 3. The van der Waals surface area contributed by atoms with Crippen LogP contribution in [0.25, 0.3) is 0 Å². The van der Waals surface area contributed by atoms with Gasteiger partial charge in [-0.1, -0.05) is 29.6 Å². The first-order valence-electron chi connectivity index (χ1n) is 6.64. The molecule has 1 aliphatic carbocycles. The van der Waals surface area contributed by atoms with Crippen LogP contribution < -0.4 is 10.6 Å². The third kappa shape index (κ3) is 3.80. The van der Waals surface area contributed by atoms with Gasteiger partial charge in [-0.25, -0.2) is 4.79 Å². The van der Waals surface area contributed by atoms with Crippen LogP contribution in [0.2, 0.25) is 10.0 Å². The number of aryl methyl sites for hydroxylation is 1. The van der Waals surface area contributed by atoms with Gasteiger partial charge in [0.2, 0.25) is 0 Å². The number of urea groups is 1. The molecule has 2 rings (SSSR count). The van der Waals surface area contributed by atoms with Gasteiger partial charge in [0.05, 0.1) is 16.6 Å². The number of anilines is 1. The number of carboxylic acid groups (broad SMARTS) is 1. The number of aliphatic carboxylic acids is 1. The molecule has 5 nitrogen and oxygen atoms in total. The number of hydrogen-bond donors (Lipinski definition) is 3. The Balaban J connectivity index is 2.02. The second kappa shape index (κ2) is 6.54. The van der Waals surface area contributed by atoms with Crippen molar-refractivity contribution < 1.29 is 14.7 Å². The standard InChI is InChI=1S/C14H16Cl2N2O3/c1-7-5-10(16)12(6-9(7)15)18-14(21)17-11-4-2-3-8(11)13(19)20/h5-6,8,11H,2-4H2,1H3,(H,19,20)(H2,17,18,21). The lowest BCUT2D eigenvalue weighted by Crippen LogP contribution is -2.42. The van der Waals surface area contributed by atoms with Gasteiger partial charge in [0.1, 0.15) is 0 Å². The summed E-state index contributed by atoms with van der Waals surface area (Å²) >= 11 is 12.0. The minimum absolute atomic E-state index is 0.359. The van der Waals surface area contributed by atoms with Gasteiger partial charge in [0.25, 0.3) is 0 Å². The van der Waals surface area contributed by atoms with Gasteiger partial charge in [-0.05, 0) is 37.5 Å². The van der Waals surface area contributed by atoms with Crippen LogP contribution in [-0.2, 0) is 4.79 Å². The van der Waals surface area contributed by atoms with Crippen molar-refractivity contribution in [1.29, 1.82) is 0 Å². The third-order valence-corrected chi connectivity index (χ3v) is 4.37. The molecule has 1 aromatic rings. The molecule has 114 valence electrons. The molecule has 0 aliphatic heterocycles. The number of hydrogen-bond acceptors (Lipinski definition) is 2. The lowest BCUT2D eigenvalue weighted by Gasteiger charge is -2.18. The largest absolute Gasteiger partial charge is 0.481 e. The Kier molecular flexibility index (Phi) is 4.96. The number of carbonyl (C=O) groups excluding carboxylic acids is 1. The van der Waals surface area contributed by atoms with E-state index in [1.54, 1.807) is 12.1 Å². The van der Waals surface area contributed by atoms with Gasteiger partial charge in [-0.2, -0.15) is 0 Å². The van der Waals surface area contributed by atoms with E-state index in [0.29, 0.717) is 28.6 Å². The average Bonchev–Trinajstić information content (AvgIpc) is 2.84. The average molecular weight is 331 g/mol. The molecular formula is C14H16Cl2N2O3. The van der Waals surface area contributed by atoms with Crippen molar-refractivity contribution in [1.82, 2.24) is 5.32 Å². The van der Waals surface area contributed by atoms with Crippen LogP contribution in [0.1, 0.15) is 24.8 Å². The normalized spacial score (nSPS) is 21.1. The zero-order valence-electron chi connectivity index (χ0n) is 11.5. The zero-order chi connectivity index (χ0) is 15.6. The molecule has 1 saturated carbocycles. The summed E-state index contributed by atoms with van der Waals surface area (Å²) in [6, 6.07) is 2.40. The van der Waals surface area contributed by atoms with Crippen LogP contribution in [0, 0.1) is 12.8 Å². The molecule has 1 aliphatic rings. The summed E-state index contributed by atoms with van der Waals surface area (Å²) in [6.07, 6.45) is 2.03. The van der Waals surface area contributed by atoms with Gasteiger partial charge >= 0.3 is 12.0 Å². The Bertz CT molecular complexity index is 578. The number of carbonyl (C=O) groups is 2. The van der Waals surface area contributed by atoms with E-state index in [-0.39, 0.29) is 6.04 Å². The number of nitrogens with one attached hydrogen (secondary N) is 2. The van der Waals surface area contributed by atoms with Gasteiger partial charge in [-0.15, -0.1) is 0 Å². The highest BCUT2D eigenvalue weighted by Crippen LogP contribution is 2.29. The molecule has 0 spiro atoms. The van der Waals surface area contributed by atoms with Crippen LogP contribution in [0.5, 0.6) is 0 Å². The van der Waals surface area contributed by atoms with E-state index in [1.807, 2.05) is 6.92 Å². The second-order valence-corrected chi connectivity index (χ2v) is 5.98. The molecule has 1 fully saturated rings. The van der Waals surface area contributed by atoms with Crippen molar-refractivity contribution in [2.45, 2.75) is 32.2 Å². The number of carboxylic acids is 1. The fraction of sp³-hybridized carbons (Fsp3) is 0.429. The summed E-state index contributed by atoms with van der Waals surface area (Å²) in [6.45, 7) is 1.81. The summed E-state index contributed by atoms with van der Waals surface area (Å²) in [5, 5.41) is 15.3. The van der Waals surface area contributed by atoms with Crippen molar-refractivity contribution in [2.24, 2.45) is 5.92 Å². The van der Waals surface area contributed by atoms with E-state index >= 15 is 0 Å². The van der Waals surface area contributed by atoms with E-state index in [2.05, 4.69) is 10.6 Å². The molecule has 0 heterocycles. The Hall–Kier alpha value is -1.46. The second-order valence-electron chi connectivity index (χ2n) is 5.16. The Morgan fingerprint density at radius 1 is 1.24 bits per heavy atom. The summed E-state index contributed by atoms with van der Waals surface area (Å²) in [5.74, 6) is -1.41. The molecule has 7 heteroatoms. The van der Waals surface area contributed by atoms with Crippen LogP contribution in [0.4, 0.5) is 10.5 Å². The number of halogens is 2. The molecule has 3 N–H and O–H groups in total. The monoisotopic (exact) mass is 330 g/mol. The first kappa shape index (κ1) is 15.9. The van der Waals surface area contributed by atoms with Crippen molar-refractivity contribution >= 4 is 40.9 Å². The highest BCUT2D eigenvalue weighted by atomic mass is 35.5. The maximum Gasteiger partial charge on any atom is 0.319 e. The SMILES string of the molecule is Cc1cc(Cl)c(NC(=O)NC2CCCC2C(=O)O)cc1Cl. The summed E-state index contributed by atoms with van der Waals surface area (Å²) in [5.41, 5.74) is 1.21. The molecule has 0 bridgehead atoms. The van der Waals surface area contributed by atoms with E-state index in [1.165, 1.54) is 0 Å². The Morgan fingerprint density at radius 2 is 1.95 bits per heavy atom. The highest BCUT2D eigenvalue weighted by molar-refractivity contribution is 6.36. The first-order chi connectivity index (χ1) is 9.88. The fourth-order valence-corrected chi connectivity index (χ4v) is 2.93. The quantitative estimate of drug-likeness (QED) is 0.791. The minimum atomic E-state index is -0.880. The van der Waals surface area contributed by atoms with Crippen LogP contribution >= 0.6 is 23.2 Å². The summed E-state index contributed by atoms with van der Waals surface area (Å²) in [7, 11) is 0. The fourth-order valence-electron chi connectivity index (χ4n) is 2.50. The van der Waals surface area contributed by atoms with Gasteiger partial charge in [-0.3, -0.25) is 4.79 Å². The molecule has 2 amide bonds. The predicted octanol–water partition coefficient (Wildman–Crippen LogP) is 3.68. The maximum atomic E-state index is 12.0. The molecule has 1 aromatic carbocycles. The minimum Gasteiger partial charge on any atom is -0.481 e. The van der Waals surface area contributed by atoms with E-state index in [9.17, 15) is 9.59 Å². The molecule has 2 atom stereocenters. The first-order valence-corrected chi connectivity index (χ1v) is 7.40. The van der Waals surface area contributed by atoms with Gasteiger partial charge in [0, 0.05) is 11.1 Å². The van der Waals surface area contributed by atoms with Gasteiger partial charge in [0.15, 0.2) is 0 Å². The molecule has 0 saturated heterocycles.